The van der Waals surface area contributed by atoms with Gasteiger partial charge in [0.1, 0.15) is 29.9 Å². The van der Waals surface area contributed by atoms with Crippen LogP contribution in [0.3, 0.4) is 0 Å². The molecule has 0 bridgehead atoms. The molecule has 32 heavy (non-hydrogen) atoms. The van der Waals surface area contributed by atoms with Gasteiger partial charge in [-0.05, 0) is 36.4 Å². The molecular formula is C20H16Cl2N2O8. The summed E-state index contributed by atoms with van der Waals surface area (Å²) in [4.78, 5) is 30.9. The molecule has 10 nitrogen and oxygen atoms in total. The third kappa shape index (κ3) is 4.16. The number of hydrogen-bond acceptors (Lipinski definition) is 8. The standard InChI is InChI=1S/C20H16Cl2N2O8/c21-7-1-3-11-9(5-7)18(28)24-17(23-11)10-6-8(22)2-4-12(10)31-20-15(27)13(25)14(26)16(32-20)19(29)30/h1-6,13-16,20,25-27H,(H,29,30)(H,23,24,28)/t13-,14+,15?,16?,20-/m1/s1. The van der Waals surface area contributed by atoms with E-state index in [1.807, 2.05) is 0 Å². The van der Waals surface area contributed by atoms with E-state index in [2.05, 4.69) is 9.97 Å². The van der Waals surface area contributed by atoms with Crippen LogP contribution >= 0.6 is 23.2 Å². The Labute approximate surface area is 189 Å². The average Bonchev–Trinajstić information content (AvgIpc) is 2.75. The van der Waals surface area contributed by atoms with Crippen molar-refractivity contribution in [1.82, 2.24) is 9.97 Å². The number of ether oxygens (including phenoxy) is 2. The van der Waals surface area contributed by atoms with E-state index in [4.69, 9.17) is 32.7 Å². The second-order valence-corrected chi connectivity index (χ2v) is 7.94. The average molecular weight is 483 g/mol. The molecule has 4 rings (SSSR count). The van der Waals surface area contributed by atoms with Gasteiger partial charge in [-0.25, -0.2) is 9.78 Å². The molecule has 168 valence electrons. The summed E-state index contributed by atoms with van der Waals surface area (Å²) in [5.41, 5.74) is 0.0733. The maximum Gasteiger partial charge on any atom is 0.335 e. The number of halogens is 2. The van der Waals surface area contributed by atoms with Crippen LogP contribution in [0.25, 0.3) is 22.3 Å². The van der Waals surface area contributed by atoms with Crippen molar-refractivity contribution in [3.05, 3.63) is 56.8 Å². The van der Waals surface area contributed by atoms with Crippen LogP contribution in [0.4, 0.5) is 0 Å². The van der Waals surface area contributed by atoms with E-state index < -0.39 is 42.2 Å². The predicted molar refractivity (Wildman–Crippen MR) is 113 cm³/mol. The number of aliphatic hydroxyl groups is 3. The summed E-state index contributed by atoms with van der Waals surface area (Å²) in [5.74, 6) is -1.46. The summed E-state index contributed by atoms with van der Waals surface area (Å²) in [5, 5.41) is 40.2. The minimum atomic E-state index is -1.86. The highest BCUT2D eigenvalue weighted by molar-refractivity contribution is 6.31. The smallest absolute Gasteiger partial charge is 0.335 e. The van der Waals surface area contributed by atoms with Crippen molar-refractivity contribution in [2.75, 3.05) is 0 Å². The van der Waals surface area contributed by atoms with Gasteiger partial charge in [0.25, 0.3) is 5.56 Å². The number of aliphatic carboxylic acids is 1. The molecule has 2 unspecified atom stereocenters. The number of rotatable bonds is 4. The summed E-state index contributed by atoms with van der Waals surface area (Å²) >= 11 is 12.0. The van der Waals surface area contributed by atoms with E-state index in [1.165, 1.54) is 24.3 Å². The molecule has 0 aliphatic carbocycles. The van der Waals surface area contributed by atoms with Gasteiger partial charge >= 0.3 is 5.97 Å². The number of carboxylic acid groups (broad SMARTS) is 1. The van der Waals surface area contributed by atoms with Crippen LogP contribution in [-0.4, -0.2) is 67.1 Å². The molecule has 0 amide bonds. The molecule has 2 heterocycles. The Morgan fingerprint density at radius 1 is 1.03 bits per heavy atom. The molecular weight excluding hydrogens is 467 g/mol. The number of aliphatic hydroxyl groups excluding tert-OH is 3. The minimum Gasteiger partial charge on any atom is -0.479 e. The molecule has 0 radical (unpaired) electrons. The second kappa shape index (κ2) is 8.66. The number of nitrogens with one attached hydrogen (secondary N) is 1. The summed E-state index contributed by atoms with van der Waals surface area (Å²) < 4.78 is 10.8. The van der Waals surface area contributed by atoms with Crippen LogP contribution in [0, 0.1) is 0 Å². The molecule has 0 saturated carbocycles. The number of H-pyrrole nitrogens is 1. The van der Waals surface area contributed by atoms with E-state index in [0.717, 1.165) is 0 Å². The van der Waals surface area contributed by atoms with Gasteiger partial charge in [-0.15, -0.1) is 0 Å². The fourth-order valence-corrected chi connectivity index (χ4v) is 3.65. The summed E-state index contributed by atoms with van der Waals surface area (Å²) in [6.07, 6.45) is -8.96. The monoisotopic (exact) mass is 482 g/mol. The number of hydrogen-bond donors (Lipinski definition) is 5. The highest BCUT2D eigenvalue weighted by atomic mass is 35.5. The van der Waals surface area contributed by atoms with E-state index in [0.29, 0.717) is 10.5 Å². The third-order valence-electron chi connectivity index (χ3n) is 4.92. The van der Waals surface area contributed by atoms with Gasteiger partial charge in [0.2, 0.25) is 6.29 Å². The van der Waals surface area contributed by atoms with E-state index in [1.54, 1.807) is 12.1 Å². The van der Waals surface area contributed by atoms with Crippen molar-refractivity contribution in [2.24, 2.45) is 0 Å². The van der Waals surface area contributed by atoms with Crippen molar-refractivity contribution >= 4 is 40.1 Å². The summed E-state index contributed by atoms with van der Waals surface area (Å²) in [7, 11) is 0. The zero-order valence-corrected chi connectivity index (χ0v) is 17.5. The molecule has 5 N–H and O–H groups in total. The Balaban J connectivity index is 1.75. The van der Waals surface area contributed by atoms with Gasteiger partial charge in [0.15, 0.2) is 6.10 Å². The Bertz CT molecular complexity index is 1250. The number of nitrogens with zero attached hydrogens (tertiary/aromatic N) is 1. The highest BCUT2D eigenvalue weighted by Crippen LogP contribution is 2.33. The molecule has 5 atom stereocenters. The number of aromatic amines is 1. The fraction of sp³-hybridized carbons (Fsp3) is 0.250. The maximum atomic E-state index is 12.5. The Morgan fingerprint density at radius 3 is 2.44 bits per heavy atom. The van der Waals surface area contributed by atoms with Gasteiger partial charge in [0, 0.05) is 10.0 Å². The zero-order chi connectivity index (χ0) is 23.2. The highest BCUT2D eigenvalue weighted by Gasteiger charge is 2.48. The van der Waals surface area contributed by atoms with Crippen molar-refractivity contribution in [3.63, 3.8) is 0 Å². The number of aromatic nitrogens is 2. The SMILES string of the molecule is O=C(O)C1O[C@@H](Oc2ccc(Cl)cc2-c2nc3ccc(Cl)cc3c(=O)[nH]2)C(O)[C@H](O)[C@@H]1O. The molecule has 3 aromatic rings. The van der Waals surface area contributed by atoms with Crippen LogP contribution in [0.15, 0.2) is 41.2 Å². The molecule has 2 aromatic carbocycles. The molecule has 1 fully saturated rings. The van der Waals surface area contributed by atoms with Crippen molar-refractivity contribution in [3.8, 4) is 17.1 Å². The molecule has 1 saturated heterocycles. The largest absolute Gasteiger partial charge is 0.479 e. The van der Waals surface area contributed by atoms with Crippen LogP contribution in [0.2, 0.25) is 10.0 Å². The van der Waals surface area contributed by atoms with Gasteiger partial charge in [-0.2, -0.15) is 0 Å². The van der Waals surface area contributed by atoms with Crippen molar-refractivity contribution in [2.45, 2.75) is 30.7 Å². The van der Waals surface area contributed by atoms with Crippen molar-refractivity contribution < 1.29 is 34.7 Å². The first kappa shape index (κ1) is 22.5. The normalized spacial score (nSPS) is 25.6. The quantitative estimate of drug-likeness (QED) is 0.367. The van der Waals surface area contributed by atoms with Crippen LogP contribution < -0.4 is 10.3 Å². The lowest BCUT2D eigenvalue weighted by molar-refractivity contribution is -0.271. The summed E-state index contributed by atoms with van der Waals surface area (Å²) in [6.45, 7) is 0. The molecule has 1 aliphatic rings. The molecule has 12 heteroatoms. The zero-order valence-electron chi connectivity index (χ0n) is 16.0. The number of carbonyl (C=O) groups is 1. The Kier molecular flexibility index (Phi) is 6.08. The fourth-order valence-electron chi connectivity index (χ4n) is 3.30. The first-order chi connectivity index (χ1) is 15.2. The summed E-state index contributed by atoms with van der Waals surface area (Å²) in [6, 6.07) is 8.88. The third-order valence-corrected chi connectivity index (χ3v) is 5.39. The topological polar surface area (TPSA) is 162 Å². The van der Waals surface area contributed by atoms with Gasteiger partial charge in [0.05, 0.1) is 16.5 Å². The van der Waals surface area contributed by atoms with Crippen LogP contribution in [0.5, 0.6) is 5.75 Å². The molecule has 0 spiro atoms. The number of fused-ring (bicyclic) bond motifs is 1. The second-order valence-electron chi connectivity index (χ2n) is 7.07. The van der Waals surface area contributed by atoms with Crippen LogP contribution in [-0.2, 0) is 9.53 Å². The predicted octanol–water partition coefficient (Wildman–Crippen LogP) is 1.17. The lowest BCUT2D eigenvalue weighted by Gasteiger charge is -2.38. The first-order valence-electron chi connectivity index (χ1n) is 9.24. The Morgan fingerprint density at radius 2 is 1.72 bits per heavy atom. The lowest BCUT2D eigenvalue weighted by Crippen LogP contribution is -2.61. The van der Waals surface area contributed by atoms with E-state index >= 15 is 0 Å². The van der Waals surface area contributed by atoms with E-state index in [-0.39, 0.29) is 27.5 Å². The number of benzene rings is 2. The molecule has 1 aliphatic heterocycles. The van der Waals surface area contributed by atoms with Crippen LogP contribution in [0.1, 0.15) is 0 Å². The molecule has 1 aromatic heterocycles. The first-order valence-corrected chi connectivity index (χ1v) is 10.00. The number of carboxylic acids is 1. The van der Waals surface area contributed by atoms with Gasteiger partial charge in [-0.1, -0.05) is 23.2 Å². The Hall–Kier alpha value is -2.73. The van der Waals surface area contributed by atoms with E-state index in [9.17, 15) is 30.0 Å². The lowest BCUT2D eigenvalue weighted by atomic mass is 9.99. The maximum absolute atomic E-state index is 12.5. The van der Waals surface area contributed by atoms with Crippen molar-refractivity contribution in [1.29, 1.82) is 0 Å². The minimum absolute atomic E-state index is 0.0163. The van der Waals surface area contributed by atoms with Gasteiger partial charge < -0.3 is 34.9 Å². The van der Waals surface area contributed by atoms with Gasteiger partial charge in [-0.3, -0.25) is 4.79 Å².